The molecule has 0 amide bonds. The van der Waals surface area contributed by atoms with Crippen molar-refractivity contribution in [2.24, 2.45) is 0 Å². The largest absolute Gasteiger partial charge is 0.501 e. The van der Waals surface area contributed by atoms with Crippen LogP contribution < -0.4 is 0 Å². The number of furan rings is 4. The number of rotatable bonds is 8. The number of aromatic nitrogens is 8. The first-order valence-electron chi connectivity index (χ1n) is 43.4. The molecule has 0 saturated heterocycles. The van der Waals surface area contributed by atoms with Gasteiger partial charge < -0.3 is 57.5 Å². The molecule has 4 radical (unpaired) electrons. The van der Waals surface area contributed by atoms with Crippen LogP contribution in [0, 0.1) is 104 Å². The summed E-state index contributed by atoms with van der Waals surface area (Å²) in [5, 5.41) is 8.96. The first kappa shape index (κ1) is 99.1. The zero-order chi connectivity index (χ0) is 90.5. The molecule has 0 aliphatic heterocycles. The molecule has 12 nitrogen and oxygen atoms in total. The normalized spacial score (nSPS) is 10.4. The second-order valence-electron chi connectivity index (χ2n) is 31.5. The standard InChI is InChI=1S/4C18H12NO.4C12H10N.4Ir/c1-12-6-5-11-19-17(12)15-9-4-8-14-13-7-2-3-10-16(13)20-18(14)15;1-12-6-4-10-16(19-12)15-9-5-8-14-13-7-2-3-11-17(13)20-18(14)15;1-12-9-10-19-16(11-12)15-7-4-6-14-13-5-2-3-8-17(13)20-18(14)15;1-12-9-10-16(19-11-12)15-7-4-6-14-13-5-2-3-8-17(13)20-18(14)15;4*1-10-5-7-11(8-6-10)12-4-2-3-9-13-12;;;;/h2*2-8,10-11H,1H3;2*2-6,8-11H,1H3;4*2-7,9H,1H3;;;;/q8*-1;;;;. The van der Waals surface area contributed by atoms with Crippen molar-refractivity contribution in [2.45, 2.75) is 55.4 Å². The molecule has 0 bridgehead atoms. The Balaban J connectivity index is 0.000000132. The van der Waals surface area contributed by atoms with Gasteiger partial charge in [0, 0.05) is 151 Å². The van der Waals surface area contributed by atoms with Crippen LogP contribution in [0.15, 0.2) is 407 Å². The van der Waals surface area contributed by atoms with Crippen molar-refractivity contribution in [1.29, 1.82) is 0 Å². The second kappa shape index (κ2) is 48.0. The van der Waals surface area contributed by atoms with E-state index in [0.717, 1.165) is 195 Å². The number of benzene rings is 12. The summed E-state index contributed by atoms with van der Waals surface area (Å²) in [6.07, 6.45) is 12.7. The van der Waals surface area contributed by atoms with Gasteiger partial charge in [0.1, 0.15) is 22.3 Å². The van der Waals surface area contributed by atoms with Gasteiger partial charge in [0.15, 0.2) is 0 Å². The minimum absolute atomic E-state index is 0. The number of fused-ring (bicyclic) bond motifs is 12. The maximum atomic E-state index is 6.02. The maximum Gasteiger partial charge on any atom is 0.120 e. The van der Waals surface area contributed by atoms with E-state index in [1.54, 1.807) is 31.0 Å². The first-order valence-corrected chi connectivity index (χ1v) is 43.4. The van der Waals surface area contributed by atoms with Gasteiger partial charge in [0.25, 0.3) is 0 Å². The van der Waals surface area contributed by atoms with E-state index in [1.807, 2.05) is 305 Å². The molecule has 0 unspecified atom stereocenters. The minimum atomic E-state index is 0. The SMILES string of the molecule is Cc1c[c-]c(-c2ccccn2)cc1.Cc1c[c-]c(-c2ccccn2)cc1.Cc1c[c-]c(-c2ccccn2)cc1.Cc1c[c-]c(-c2ccccn2)cc1.Cc1ccc(-c2[c-]ccc3c2oc2ccccc23)nc1.Cc1cccc(-c2[c-]ccc3c2oc2ccccc23)n1.Cc1cccnc1-c1[c-]ccc2c1oc1ccccc12.Cc1ccnc(-c2[c-]ccc3c2oc2ccccc23)c1.[Ir].[Ir].[Ir].[Ir]. The van der Waals surface area contributed by atoms with Crippen LogP contribution in [0.5, 0.6) is 0 Å². The van der Waals surface area contributed by atoms with Gasteiger partial charge in [0.05, 0.1) is 22.3 Å². The molecule has 0 saturated carbocycles. The Labute approximate surface area is 846 Å². The summed E-state index contributed by atoms with van der Waals surface area (Å²) in [6, 6.07) is 140. The summed E-state index contributed by atoms with van der Waals surface area (Å²) < 4.78 is 24.0. The van der Waals surface area contributed by atoms with E-state index in [-0.39, 0.29) is 80.4 Å². The van der Waals surface area contributed by atoms with E-state index in [4.69, 9.17) is 17.7 Å². The molecule has 136 heavy (non-hydrogen) atoms. The van der Waals surface area contributed by atoms with Crippen LogP contribution in [0.25, 0.3) is 178 Å². The number of para-hydroxylation sites is 4. The van der Waals surface area contributed by atoms with Crippen LogP contribution in [-0.4, -0.2) is 39.9 Å². The number of pyridine rings is 8. The molecule has 24 rings (SSSR count). The first-order chi connectivity index (χ1) is 64.8. The van der Waals surface area contributed by atoms with E-state index >= 15 is 0 Å². The van der Waals surface area contributed by atoms with Crippen molar-refractivity contribution in [3.8, 4) is 90.1 Å². The third-order valence-electron chi connectivity index (χ3n) is 21.7. The van der Waals surface area contributed by atoms with Gasteiger partial charge in [0.2, 0.25) is 0 Å². The van der Waals surface area contributed by atoms with Crippen molar-refractivity contribution in [1.82, 2.24) is 39.9 Å². The van der Waals surface area contributed by atoms with Gasteiger partial charge in [-0.15, -0.1) is 214 Å². The fourth-order valence-corrected chi connectivity index (χ4v) is 15.0. The molecule has 12 aromatic heterocycles. The van der Waals surface area contributed by atoms with Crippen molar-refractivity contribution < 1.29 is 98.1 Å². The molecule has 0 N–H and O–H groups in total. The molecule has 16 heteroatoms. The summed E-state index contributed by atoms with van der Waals surface area (Å²) in [5.41, 5.74) is 31.7. The minimum Gasteiger partial charge on any atom is -0.501 e. The van der Waals surface area contributed by atoms with Gasteiger partial charge in [-0.3, -0.25) is 0 Å². The summed E-state index contributed by atoms with van der Waals surface area (Å²) >= 11 is 0. The predicted molar refractivity (Wildman–Crippen MR) is 535 cm³/mol. The fraction of sp³-hybridized carbons (Fsp3) is 0.0667. The van der Waals surface area contributed by atoms with Crippen LogP contribution in [0.4, 0.5) is 0 Å². The third-order valence-corrected chi connectivity index (χ3v) is 21.7. The van der Waals surface area contributed by atoms with Crippen LogP contribution >= 0.6 is 0 Å². The Hall–Kier alpha value is -14.4. The molecular weight excluding hydrogens is 2390 g/mol. The van der Waals surface area contributed by atoms with E-state index in [9.17, 15) is 0 Å². The van der Waals surface area contributed by atoms with Crippen LogP contribution in [-0.2, 0) is 80.4 Å². The monoisotopic (exact) mass is 2480 g/mol. The molecule has 0 spiro atoms. The smallest absolute Gasteiger partial charge is 0.120 e. The number of aryl methyl sites for hydroxylation is 8. The molecule has 12 heterocycles. The number of hydrogen-bond acceptors (Lipinski definition) is 12. The molecule has 676 valence electrons. The van der Waals surface area contributed by atoms with E-state index in [1.165, 1.54) is 27.8 Å². The average molecular weight is 2470 g/mol. The molecule has 0 fully saturated rings. The quantitative estimate of drug-likeness (QED) is 0.133. The Morgan fingerprint density at radius 3 is 0.868 bits per heavy atom. The molecule has 0 aliphatic rings. The van der Waals surface area contributed by atoms with Gasteiger partial charge in [-0.05, 0) is 146 Å². The zero-order valence-corrected chi connectivity index (χ0v) is 85.1. The van der Waals surface area contributed by atoms with Gasteiger partial charge in [-0.25, -0.2) is 0 Å². The van der Waals surface area contributed by atoms with E-state index in [2.05, 4.69) is 197 Å². The molecule has 12 aromatic carbocycles. The predicted octanol–water partition coefficient (Wildman–Crippen LogP) is 30.4. The summed E-state index contributed by atoms with van der Waals surface area (Å²) in [6.45, 7) is 16.3. The molecule has 24 aromatic rings. The molecular formula is C120H88Ir4N8O4-8. The second-order valence-corrected chi connectivity index (χ2v) is 31.5. The van der Waals surface area contributed by atoms with Crippen molar-refractivity contribution in [3.05, 3.63) is 482 Å². The maximum absolute atomic E-state index is 6.02. The molecule has 0 atom stereocenters. The topological polar surface area (TPSA) is 156 Å². The molecule has 0 aliphatic carbocycles. The van der Waals surface area contributed by atoms with Crippen molar-refractivity contribution in [3.63, 3.8) is 0 Å². The number of nitrogens with zero attached hydrogens (tertiary/aromatic N) is 8. The van der Waals surface area contributed by atoms with Gasteiger partial charge >= 0.3 is 0 Å². The van der Waals surface area contributed by atoms with Gasteiger partial charge in [-0.1, -0.05) is 240 Å². The summed E-state index contributed by atoms with van der Waals surface area (Å²) in [5.74, 6) is 0. The fourth-order valence-electron chi connectivity index (χ4n) is 15.0. The van der Waals surface area contributed by atoms with E-state index < -0.39 is 0 Å². The van der Waals surface area contributed by atoms with Crippen LogP contribution in [0.1, 0.15) is 44.6 Å². The van der Waals surface area contributed by atoms with E-state index in [0.29, 0.717) is 0 Å². The Kier molecular flexibility index (Phi) is 35.0. The van der Waals surface area contributed by atoms with Gasteiger partial charge in [-0.2, -0.15) is 0 Å². The average Bonchev–Trinajstić information content (AvgIpc) is 1.63. The number of hydrogen-bond donors (Lipinski definition) is 0. The van der Waals surface area contributed by atoms with Crippen LogP contribution in [0.2, 0.25) is 0 Å². The summed E-state index contributed by atoms with van der Waals surface area (Å²) in [4.78, 5) is 35.0. The Morgan fingerprint density at radius 2 is 0.537 bits per heavy atom. The third kappa shape index (κ3) is 24.4. The van der Waals surface area contributed by atoms with Crippen molar-refractivity contribution >= 4 is 87.8 Å². The Bertz CT molecular complexity index is 7490. The van der Waals surface area contributed by atoms with Crippen LogP contribution in [0.3, 0.4) is 0 Å². The zero-order valence-electron chi connectivity index (χ0n) is 75.5. The Morgan fingerprint density at radius 1 is 0.213 bits per heavy atom. The summed E-state index contributed by atoms with van der Waals surface area (Å²) in [7, 11) is 0. The van der Waals surface area contributed by atoms with Crippen molar-refractivity contribution in [2.75, 3.05) is 0 Å².